The molecule has 0 unspecified atom stereocenters. The molecule has 0 aliphatic carbocycles. The summed E-state index contributed by atoms with van der Waals surface area (Å²) in [7, 11) is 0. The Balaban J connectivity index is 1.53. The molecule has 3 aromatic carbocycles. The minimum Gasteiger partial charge on any atom is -0.436 e. The van der Waals surface area contributed by atoms with Crippen LogP contribution < -0.4 is 5.32 Å². The van der Waals surface area contributed by atoms with Crippen molar-refractivity contribution in [2.75, 3.05) is 6.54 Å². The molecule has 29 heavy (non-hydrogen) atoms. The van der Waals surface area contributed by atoms with Crippen molar-refractivity contribution in [1.29, 1.82) is 0 Å². The van der Waals surface area contributed by atoms with E-state index in [1.807, 2.05) is 66.7 Å². The molecule has 0 bridgehead atoms. The highest BCUT2D eigenvalue weighted by molar-refractivity contribution is 6.00. The van der Waals surface area contributed by atoms with E-state index in [-0.39, 0.29) is 11.8 Å². The zero-order chi connectivity index (χ0) is 20.1. The average Bonchev–Trinajstić information content (AvgIpc) is 3.28. The molecular formula is C25H22N2O2. The van der Waals surface area contributed by atoms with Gasteiger partial charge in [-0.25, -0.2) is 4.98 Å². The highest BCUT2D eigenvalue weighted by Crippen LogP contribution is 2.28. The molecule has 0 saturated heterocycles. The highest BCUT2D eigenvalue weighted by atomic mass is 16.4. The maximum Gasteiger partial charge on any atom is 0.252 e. The van der Waals surface area contributed by atoms with E-state index in [0.29, 0.717) is 29.3 Å². The fourth-order valence-corrected chi connectivity index (χ4v) is 3.24. The second kappa shape index (κ2) is 8.57. The molecule has 4 heteroatoms. The lowest BCUT2D eigenvalue weighted by atomic mass is 10.0. The topological polar surface area (TPSA) is 55.1 Å². The van der Waals surface area contributed by atoms with Gasteiger partial charge in [-0.15, -0.1) is 0 Å². The van der Waals surface area contributed by atoms with E-state index in [0.717, 1.165) is 5.56 Å². The van der Waals surface area contributed by atoms with E-state index in [2.05, 4.69) is 29.4 Å². The second-order valence-corrected chi connectivity index (χ2v) is 6.96. The third kappa shape index (κ3) is 4.27. The predicted octanol–water partition coefficient (Wildman–Crippen LogP) is 5.54. The lowest BCUT2D eigenvalue weighted by molar-refractivity contribution is 0.0952. The quantitative estimate of drug-likeness (QED) is 0.476. The van der Waals surface area contributed by atoms with E-state index in [1.54, 1.807) is 12.3 Å². The number of nitrogens with zero attached hydrogens (tertiary/aromatic N) is 1. The summed E-state index contributed by atoms with van der Waals surface area (Å²) in [5, 5.41) is 3.04. The van der Waals surface area contributed by atoms with Gasteiger partial charge in [-0.1, -0.05) is 79.7 Å². The van der Waals surface area contributed by atoms with Crippen LogP contribution in [0.5, 0.6) is 0 Å². The van der Waals surface area contributed by atoms with Gasteiger partial charge in [-0.3, -0.25) is 4.79 Å². The van der Waals surface area contributed by atoms with Crippen LogP contribution in [-0.4, -0.2) is 17.4 Å². The van der Waals surface area contributed by atoms with Gasteiger partial charge in [-0.2, -0.15) is 0 Å². The van der Waals surface area contributed by atoms with Crippen LogP contribution >= 0.6 is 0 Å². The molecule has 0 aliphatic rings. The molecule has 1 N–H and O–H groups in total. The van der Waals surface area contributed by atoms with Gasteiger partial charge in [0, 0.05) is 17.7 Å². The molecule has 144 valence electrons. The van der Waals surface area contributed by atoms with Crippen LogP contribution in [-0.2, 0) is 0 Å². The van der Waals surface area contributed by atoms with Gasteiger partial charge in [0.1, 0.15) is 0 Å². The molecule has 0 fully saturated rings. The Kier molecular flexibility index (Phi) is 5.52. The lowest BCUT2D eigenvalue weighted by Crippen LogP contribution is -2.28. The third-order valence-electron chi connectivity index (χ3n) is 4.90. The number of carbonyl (C=O) groups excluding carboxylic acids is 1. The van der Waals surface area contributed by atoms with Crippen LogP contribution in [0.15, 0.2) is 95.5 Å². The number of carbonyl (C=O) groups is 1. The van der Waals surface area contributed by atoms with Crippen LogP contribution in [0.3, 0.4) is 0 Å². The average molecular weight is 382 g/mol. The van der Waals surface area contributed by atoms with Crippen LogP contribution in [0.25, 0.3) is 22.8 Å². The van der Waals surface area contributed by atoms with Gasteiger partial charge >= 0.3 is 0 Å². The minimum absolute atomic E-state index is 0.136. The maximum absolute atomic E-state index is 12.9. The van der Waals surface area contributed by atoms with Crippen molar-refractivity contribution in [1.82, 2.24) is 10.3 Å². The smallest absolute Gasteiger partial charge is 0.252 e. The molecule has 0 spiro atoms. The van der Waals surface area contributed by atoms with Crippen molar-refractivity contribution in [2.45, 2.75) is 12.8 Å². The summed E-state index contributed by atoms with van der Waals surface area (Å²) in [6.07, 6.45) is 1.69. The summed E-state index contributed by atoms with van der Waals surface area (Å²) in [4.78, 5) is 17.3. The van der Waals surface area contributed by atoms with Gasteiger partial charge < -0.3 is 9.73 Å². The molecule has 1 aromatic heterocycles. The van der Waals surface area contributed by atoms with Crippen molar-refractivity contribution < 1.29 is 9.21 Å². The number of hydrogen-bond acceptors (Lipinski definition) is 3. The zero-order valence-electron chi connectivity index (χ0n) is 16.2. The molecular weight excluding hydrogens is 360 g/mol. The summed E-state index contributed by atoms with van der Waals surface area (Å²) in [6.45, 7) is 2.65. The van der Waals surface area contributed by atoms with E-state index in [1.165, 1.54) is 5.56 Å². The van der Waals surface area contributed by atoms with Crippen LogP contribution in [0, 0.1) is 0 Å². The highest BCUT2D eigenvalue weighted by Gasteiger charge is 2.17. The van der Waals surface area contributed by atoms with Gasteiger partial charge in [0.15, 0.2) is 5.76 Å². The van der Waals surface area contributed by atoms with E-state index in [9.17, 15) is 4.79 Å². The maximum atomic E-state index is 12.9. The Labute approximate surface area is 170 Å². The number of hydrogen-bond donors (Lipinski definition) is 1. The van der Waals surface area contributed by atoms with Crippen LogP contribution in [0.2, 0.25) is 0 Å². The molecule has 4 rings (SSSR count). The molecule has 0 radical (unpaired) electrons. The number of amides is 1. The van der Waals surface area contributed by atoms with Crippen molar-refractivity contribution in [3.63, 3.8) is 0 Å². The molecule has 4 nitrogen and oxygen atoms in total. The summed E-state index contributed by atoms with van der Waals surface area (Å²) in [6, 6.07) is 27.3. The van der Waals surface area contributed by atoms with Crippen LogP contribution in [0.1, 0.15) is 28.8 Å². The Hall–Kier alpha value is -3.66. The summed E-state index contributed by atoms with van der Waals surface area (Å²) < 4.78 is 5.95. The summed E-state index contributed by atoms with van der Waals surface area (Å²) in [5.41, 5.74) is 3.37. The lowest BCUT2D eigenvalue weighted by Gasteiger charge is -2.14. The summed E-state index contributed by atoms with van der Waals surface area (Å²) >= 11 is 0. The predicted molar refractivity (Wildman–Crippen MR) is 115 cm³/mol. The SMILES string of the molecule is C[C@@H](CNC(=O)c1ccccc1-c1ncc(-c2ccccc2)o1)c1ccccc1. The first-order valence-corrected chi connectivity index (χ1v) is 9.66. The monoisotopic (exact) mass is 382 g/mol. The third-order valence-corrected chi connectivity index (χ3v) is 4.90. The first-order chi connectivity index (χ1) is 14.2. The molecule has 1 heterocycles. The Morgan fingerprint density at radius 3 is 2.34 bits per heavy atom. The van der Waals surface area contributed by atoms with Gasteiger partial charge in [-0.05, 0) is 23.6 Å². The van der Waals surface area contributed by atoms with Gasteiger partial charge in [0.2, 0.25) is 5.89 Å². The van der Waals surface area contributed by atoms with Gasteiger partial charge in [0.25, 0.3) is 5.91 Å². The first kappa shape index (κ1) is 18.7. The Morgan fingerprint density at radius 2 is 1.59 bits per heavy atom. The number of aromatic nitrogens is 1. The largest absolute Gasteiger partial charge is 0.436 e. The molecule has 1 atom stereocenters. The van der Waals surface area contributed by atoms with Crippen molar-refractivity contribution >= 4 is 5.91 Å². The van der Waals surface area contributed by atoms with E-state index >= 15 is 0 Å². The van der Waals surface area contributed by atoms with E-state index < -0.39 is 0 Å². The Bertz CT molecular complexity index is 1090. The standard InChI is InChI=1S/C25H22N2O2/c1-18(19-10-4-2-5-11-19)16-26-24(28)21-14-8-9-15-22(21)25-27-17-23(29-25)20-12-6-3-7-13-20/h2-15,17-18H,16H2,1H3,(H,26,28)/t18-/m0/s1. The van der Waals surface area contributed by atoms with Crippen molar-refractivity contribution in [3.8, 4) is 22.8 Å². The summed E-state index contributed by atoms with van der Waals surface area (Å²) in [5.74, 6) is 1.20. The van der Waals surface area contributed by atoms with Gasteiger partial charge in [0.05, 0.1) is 11.8 Å². The molecule has 0 aliphatic heterocycles. The fraction of sp³-hybridized carbons (Fsp3) is 0.120. The minimum atomic E-state index is -0.136. The Morgan fingerprint density at radius 1 is 0.931 bits per heavy atom. The normalized spacial score (nSPS) is 11.8. The first-order valence-electron chi connectivity index (χ1n) is 9.66. The van der Waals surface area contributed by atoms with Crippen molar-refractivity contribution in [2.24, 2.45) is 0 Å². The zero-order valence-corrected chi connectivity index (χ0v) is 16.2. The molecule has 4 aromatic rings. The second-order valence-electron chi connectivity index (χ2n) is 6.96. The number of nitrogens with one attached hydrogen (secondary N) is 1. The number of rotatable bonds is 6. The molecule has 1 amide bonds. The fourth-order valence-electron chi connectivity index (χ4n) is 3.24. The van der Waals surface area contributed by atoms with Crippen LogP contribution in [0.4, 0.5) is 0 Å². The van der Waals surface area contributed by atoms with E-state index in [4.69, 9.17) is 4.42 Å². The number of benzene rings is 3. The molecule has 0 saturated carbocycles. The number of oxazole rings is 1. The van der Waals surface area contributed by atoms with Crippen molar-refractivity contribution in [3.05, 3.63) is 102 Å².